The van der Waals surface area contributed by atoms with Crippen molar-refractivity contribution >= 4 is 29.6 Å². The summed E-state index contributed by atoms with van der Waals surface area (Å²) in [4.78, 5) is 33.2. The summed E-state index contributed by atoms with van der Waals surface area (Å²) in [6, 6.07) is 12.6. The Morgan fingerprint density at radius 3 is 2.66 bits per heavy atom. The third kappa shape index (κ3) is 7.19. The third-order valence-electron chi connectivity index (χ3n) is 6.80. The minimum absolute atomic E-state index is 0.0984. The molecule has 0 spiro atoms. The van der Waals surface area contributed by atoms with Gasteiger partial charge in [-0.05, 0) is 48.8 Å². The first kappa shape index (κ1) is 25.5. The van der Waals surface area contributed by atoms with Crippen LogP contribution >= 0.6 is 11.9 Å². The van der Waals surface area contributed by atoms with E-state index >= 15 is 0 Å². The van der Waals surface area contributed by atoms with Crippen molar-refractivity contribution in [3.05, 3.63) is 59.3 Å². The fourth-order valence-corrected chi connectivity index (χ4v) is 5.34. The van der Waals surface area contributed by atoms with E-state index in [0.29, 0.717) is 17.9 Å². The maximum absolute atomic E-state index is 12.9. The normalized spacial score (nSPS) is 17.5. The van der Waals surface area contributed by atoms with E-state index in [2.05, 4.69) is 49.5 Å². The molecule has 2 aromatic rings. The monoisotopic (exact) mass is 496 g/mol. The number of benzene rings is 1. The number of hydrogen-bond acceptors (Lipinski definition) is 7. The van der Waals surface area contributed by atoms with Gasteiger partial charge in [0, 0.05) is 70.0 Å². The van der Waals surface area contributed by atoms with Crippen molar-refractivity contribution in [3.8, 4) is 0 Å². The average molecular weight is 497 g/mol. The molecule has 1 saturated heterocycles. The van der Waals surface area contributed by atoms with Crippen molar-refractivity contribution in [1.29, 1.82) is 0 Å². The van der Waals surface area contributed by atoms with E-state index in [4.69, 9.17) is 0 Å². The number of rotatable bonds is 9. The number of hydrogen-bond donors (Lipinski definition) is 3. The summed E-state index contributed by atoms with van der Waals surface area (Å²) in [5.41, 5.74) is 3.44. The molecule has 3 heterocycles. The van der Waals surface area contributed by atoms with Crippen LogP contribution in [0.25, 0.3) is 0 Å². The molecule has 1 aromatic heterocycles. The summed E-state index contributed by atoms with van der Waals surface area (Å²) >= 11 is 1.58. The van der Waals surface area contributed by atoms with Gasteiger partial charge in [0.25, 0.3) is 5.91 Å². The second-order valence-electron chi connectivity index (χ2n) is 9.34. The lowest BCUT2D eigenvalue weighted by atomic mass is 9.99. The number of anilines is 1. The van der Waals surface area contributed by atoms with E-state index in [1.54, 1.807) is 31.1 Å². The van der Waals surface area contributed by atoms with Gasteiger partial charge in [-0.25, -0.2) is 4.98 Å². The van der Waals surface area contributed by atoms with Crippen LogP contribution in [-0.4, -0.2) is 77.7 Å². The maximum Gasteiger partial charge on any atom is 0.251 e. The molecule has 9 heteroatoms. The van der Waals surface area contributed by atoms with Gasteiger partial charge in [-0.2, -0.15) is 0 Å². The van der Waals surface area contributed by atoms with Crippen LogP contribution in [0, 0.1) is 0 Å². The summed E-state index contributed by atoms with van der Waals surface area (Å²) < 4.78 is 3.45. The van der Waals surface area contributed by atoms with Gasteiger partial charge in [-0.1, -0.05) is 36.2 Å². The number of likely N-dealkylation sites (tertiary alicyclic amines) is 1. The average Bonchev–Trinajstić information content (AvgIpc) is 2.87. The quantitative estimate of drug-likeness (QED) is 0.460. The van der Waals surface area contributed by atoms with Gasteiger partial charge in [0.2, 0.25) is 5.91 Å². The van der Waals surface area contributed by atoms with Crippen LogP contribution in [0.3, 0.4) is 0 Å². The van der Waals surface area contributed by atoms with Crippen molar-refractivity contribution < 1.29 is 9.59 Å². The number of nitrogens with zero attached hydrogens (tertiary/aromatic N) is 3. The fourth-order valence-electron chi connectivity index (χ4n) is 4.85. The van der Waals surface area contributed by atoms with E-state index in [1.165, 1.54) is 11.1 Å². The zero-order valence-corrected chi connectivity index (χ0v) is 21.4. The summed E-state index contributed by atoms with van der Waals surface area (Å²) in [6.07, 6.45) is 6.50. The Labute approximate surface area is 212 Å². The van der Waals surface area contributed by atoms with Gasteiger partial charge in [0.05, 0.1) is 0 Å². The van der Waals surface area contributed by atoms with Gasteiger partial charge >= 0.3 is 0 Å². The Morgan fingerprint density at radius 2 is 1.91 bits per heavy atom. The molecule has 0 radical (unpaired) electrons. The maximum atomic E-state index is 12.9. The molecular weight excluding hydrogens is 460 g/mol. The van der Waals surface area contributed by atoms with Gasteiger partial charge in [0.1, 0.15) is 5.82 Å². The molecule has 8 nitrogen and oxygen atoms in total. The van der Waals surface area contributed by atoms with E-state index < -0.39 is 0 Å². The molecule has 188 valence electrons. The van der Waals surface area contributed by atoms with E-state index in [0.717, 1.165) is 52.0 Å². The lowest BCUT2D eigenvalue weighted by molar-refractivity contribution is -0.129. The number of pyridine rings is 1. The third-order valence-corrected chi connectivity index (χ3v) is 7.37. The number of nitrogens with one attached hydrogen (secondary N) is 3. The Bertz CT molecular complexity index is 1010. The first-order chi connectivity index (χ1) is 17.0. The molecule has 3 N–H and O–H groups in total. The van der Waals surface area contributed by atoms with Crippen LogP contribution in [0.2, 0.25) is 0 Å². The predicted molar refractivity (Wildman–Crippen MR) is 141 cm³/mol. The highest BCUT2D eigenvalue weighted by Crippen LogP contribution is 2.19. The van der Waals surface area contributed by atoms with Crippen LogP contribution in [0.15, 0.2) is 42.6 Å². The highest BCUT2D eigenvalue weighted by Gasteiger charge is 2.22. The van der Waals surface area contributed by atoms with Crippen molar-refractivity contribution in [2.45, 2.75) is 44.8 Å². The lowest BCUT2D eigenvalue weighted by Gasteiger charge is -2.32. The van der Waals surface area contributed by atoms with E-state index in [9.17, 15) is 9.59 Å². The Balaban J connectivity index is 1.28. The zero-order chi connectivity index (χ0) is 24.6. The van der Waals surface area contributed by atoms with Crippen molar-refractivity contribution in [3.63, 3.8) is 0 Å². The number of amides is 2. The Morgan fingerprint density at radius 1 is 1.14 bits per heavy atom. The van der Waals surface area contributed by atoms with Crippen molar-refractivity contribution in [2.75, 3.05) is 44.3 Å². The van der Waals surface area contributed by atoms with Gasteiger partial charge in [-0.3, -0.25) is 19.2 Å². The molecular formula is C26H36N6O2S. The highest BCUT2D eigenvalue weighted by atomic mass is 32.2. The molecule has 1 unspecified atom stereocenters. The number of carbonyl (C=O) groups is 2. The van der Waals surface area contributed by atoms with Crippen LogP contribution < -0.4 is 15.4 Å². The van der Waals surface area contributed by atoms with Crippen LogP contribution in [0.1, 0.15) is 41.3 Å². The molecule has 0 saturated carbocycles. The first-order valence-electron chi connectivity index (χ1n) is 12.4. The second kappa shape index (κ2) is 12.4. The smallest absolute Gasteiger partial charge is 0.251 e. The minimum Gasteiger partial charge on any atom is -0.367 e. The van der Waals surface area contributed by atoms with Crippen molar-refractivity contribution in [2.24, 2.45) is 0 Å². The van der Waals surface area contributed by atoms with Crippen LogP contribution in [0.5, 0.6) is 0 Å². The SMILES string of the molecule is CSNC(CNC(=O)c1ccnc(NC2CCN(C(C)=O)CC2)c1)CN1CCc2ccccc2C1. The minimum atomic E-state index is -0.0984. The topological polar surface area (TPSA) is 89.6 Å². The molecule has 1 fully saturated rings. The number of piperidine rings is 1. The number of carbonyl (C=O) groups excluding carboxylic acids is 2. The van der Waals surface area contributed by atoms with Crippen molar-refractivity contribution in [1.82, 2.24) is 24.8 Å². The standard InChI is InChI=1S/C26H36N6O2S/c1-19(33)32-13-9-23(10-14-32)29-25-15-21(7-11-27-25)26(34)28-16-24(30-35-2)18-31-12-8-20-5-3-4-6-22(20)17-31/h3-7,11,15,23-24,30H,8-10,12-14,16-18H2,1-2H3,(H,27,29)(H,28,34). The number of fused-ring (bicyclic) bond motifs is 1. The van der Waals surface area contributed by atoms with Crippen LogP contribution in [0.4, 0.5) is 5.82 Å². The lowest BCUT2D eigenvalue weighted by Crippen LogP contribution is -2.47. The van der Waals surface area contributed by atoms with Gasteiger partial charge < -0.3 is 15.5 Å². The predicted octanol–water partition coefficient (Wildman–Crippen LogP) is 2.53. The van der Waals surface area contributed by atoms with Gasteiger partial charge in [-0.15, -0.1) is 0 Å². The molecule has 1 aromatic carbocycles. The largest absolute Gasteiger partial charge is 0.367 e. The molecule has 2 aliphatic rings. The van der Waals surface area contributed by atoms with Gasteiger partial charge in [0.15, 0.2) is 0 Å². The molecule has 1 atom stereocenters. The highest BCUT2D eigenvalue weighted by molar-refractivity contribution is 7.96. The van der Waals surface area contributed by atoms with E-state index in [-0.39, 0.29) is 23.9 Å². The second-order valence-corrected chi connectivity index (χ2v) is 9.98. The zero-order valence-electron chi connectivity index (χ0n) is 20.6. The molecule has 0 aliphatic carbocycles. The Hall–Kier alpha value is -2.62. The summed E-state index contributed by atoms with van der Waals surface area (Å²) in [5.74, 6) is 0.725. The van der Waals surface area contributed by atoms with E-state index in [1.807, 2.05) is 17.2 Å². The van der Waals surface area contributed by atoms with Crippen LogP contribution in [-0.2, 0) is 17.8 Å². The molecule has 4 rings (SSSR count). The Kier molecular flexibility index (Phi) is 9.01. The summed E-state index contributed by atoms with van der Waals surface area (Å²) in [7, 11) is 0. The first-order valence-corrected chi connectivity index (χ1v) is 13.6. The molecule has 0 bridgehead atoms. The summed E-state index contributed by atoms with van der Waals surface area (Å²) in [5, 5.41) is 6.53. The molecule has 35 heavy (non-hydrogen) atoms. The molecule has 2 amide bonds. The number of aromatic nitrogens is 1. The molecule has 2 aliphatic heterocycles. The summed E-state index contributed by atoms with van der Waals surface area (Å²) in [6.45, 7) is 6.51. The fraction of sp³-hybridized carbons (Fsp3) is 0.500.